The third kappa shape index (κ3) is 14.8. The molecule has 0 spiro atoms. The molecule has 4 heterocycles. The summed E-state index contributed by atoms with van der Waals surface area (Å²) in [6, 6.07) is -4.82. The van der Waals surface area contributed by atoms with Crippen molar-refractivity contribution in [2.45, 2.75) is 126 Å². The zero-order valence-electron chi connectivity index (χ0n) is 40.0. The Bertz CT molecular complexity index is 2280. The number of unbranched alkanes of at least 4 members (excludes halogenated alkanes) is 3. The number of amides is 9. The molecule has 5 rings (SSSR count). The summed E-state index contributed by atoms with van der Waals surface area (Å²) < 4.78 is 18.3. The molecular formula is C45H68N11O14S+. The Kier molecular flexibility index (Phi) is 20.4. The first-order valence-corrected chi connectivity index (χ1v) is 25.1. The van der Waals surface area contributed by atoms with E-state index in [1.165, 1.54) is 6.92 Å². The summed E-state index contributed by atoms with van der Waals surface area (Å²) in [5.74, 6) is -10.9. The molecule has 1 aromatic heterocycles. The van der Waals surface area contributed by atoms with E-state index in [2.05, 4.69) is 42.2 Å². The number of nitrogens with zero attached hydrogens (tertiary/aromatic N) is 1. The van der Waals surface area contributed by atoms with Crippen molar-refractivity contribution in [1.29, 1.82) is 0 Å². The fourth-order valence-electron chi connectivity index (χ4n) is 8.59. The highest BCUT2D eigenvalue weighted by atomic mass is 32.2. The van der Waals surface area contributed by atoms with Gasteiger partial charge < -0.3 is 78.6 Å². The zero-order chi connectivity index (χ0) is 52.1. The van der Waals surface area contributed by atoms with E-state index in [1.807, 2.05) is 0 Å². The molecule has 0 aliphatic carbocycles. The summed E-state index contributed by atoms with van der Waals surface area (Å²) in [6.07, 6.45) is -0.882. The molecule has 71 heavy (non-hydrogen) atoms. The van der Waals surface area contributed by atoms with Gasteiger partial charge in [-0.25, -0.2) is 0 Å². The van der Waals surface area contributed by atoms with Crippen LogP contribution in [0.15, 0.2) is 23.2 Å². The summed E-state index contributed by atoms with van der Waals surface area (Å²) in [5, 5.41) is 49.5. The minimum Gasteiger partial charge on any atom is -0.494 e. The minimum atomic E-state index is -2.11. The van der Waals surface area contributed by atoms with Gasteiger partial charge in [-0.1, -0.05) is 40.0 Å². The summed E-state index contributed by atoms with van der Waals surface area (Å²) in [5.41, 5.74) is 11.7. The second kappa shape index (κ2) is 25.9. The number of nitrogens with two attached hydrogens (primary N) is 2. The molecule has 11 atom stereocenters. The van der Waals surface area contributed by atoms with Crippen molar-refractivity contribution in [3.8, 4) is 5.75 Å². The first-order valence-electron chi connectivity index (χ1n) is 23.7. The van der Waals surface area contributed by atoms with E-state index in [4.69, 9.17) is 16.2 Å². The molecule has 25 nitrogen and oxygen atoms in total. The van der Waals surface area contributed by atoms with Gasteiger partial charge in [0.25, 0.3) is 5.03 Å². The second-order valence-electron chi connectivity index (χ2n) is 18.2. The summed E-state index contributed by atoms with van der Waals surface area (Å²) in [4.78, 5) is 129. The maximum atomic E-state index is 14.6. The molecule has 3 aliphatic rings. The van der Waals surface area contributed by atoms with E-state index < -0.39 is 176 Å². The number of nitrogens with one attached hydrogen (secondary N) is 8. The normalized spacial score (nSPS) is 26.8. The van der Waals surface area contributed by atoms with Crippen LogP contribution in [0.1, 0.15) is 71.3 Å². The van der Waals surface area contributed by atoms with Gasteiger partial charge >= 0.3 is 0 Å². The number of carbonyl (C=O) groups excluding carboxylic acids is 9. The van der Waals surface area contributed by atoms with Crippen molar-refractivity contribution in [2.75, 3.05) is 45.1 Å². The lowest BCUT2D eigenvalue weighted by Gasteiger charge is -2.32. The minimum absolute atomic E-state index is 0.00953. The van der Waals surface area contributed by atoms with Crippen LogP contribution in [0.3, 0.4) is 0 Å². The van der Waals surface area contributed by atoms with Gasteiger partial charge in [-0.3, -0.25) is 43.2 Å². The van der Waals surface area contributed by atoms with Gasteiger partial charge in [0.2, 0.25) is 64.3 Å². The lowest BCUT2D eigenvalue weighted by Crippen LogP contribution is -2.62. The Morgan fingerprint density at radius 3 is 2.23 bits per heavy atom. The van der Waals surface area contributed by atoms with Gasteiger partial charge in [0.1, 0.15) is 36.0 Å². The molecule has 16 N–H and O–H groups in total. The third-order valence-corrected chi connectivity index (χ3v) is 14.4. The van der Waals surface area contributed by atoms with Gasteiger partial charge in [0, 0.05) is 42.3 Å². The van der Waals surface area contributed by atoms with Gasteiger partial charge in [-0.2, -0.15) is 4.55 Å². The SMILES string of the molecule is CC[C@H](C)[C@@H]1NC(=O)CNC(=O)C2Cc3c([nH]c4cc(OCCCCCCN)ccc34)[S+](O)CC(NC(=O)CNC1=O)C(=O)N[C@@H](CC(N)=O)C(=O)N1CC(O)C[C@H]1C(=O)N[C@@H]([C@@H](C)[C@@H](O)CO)C(=O)N2. The lowest BCUT2D eigenvalue weighted by molar-refractivity contribution is -0.144. The van der Waals surface area contributed by atoms with Crippen LogP contribution in [0.25, 0.3) is 10.9 Å². The number of hydrogen-bond acceptors (Lipinski definition) is 15. The summed E-state index contributed by atoms with van der Waals surface area (Å²) in [7, 11) is 0. The Morgan fingerprint density at radius 1 is 0.859 bits per heavy atom. The van der Waals surface area contributed by atoms with Crippen LogP contribution in [0.2, 0.25) is 0 Å². The van der Waals surface area contributed by atoms with Gasteiger partial charge in [0.15, 0.2) is 11.8 Å². The molecule has 26 heteroatoms. The number of fused-ring (bicyclic) bond motifs is 5. The fourth-order valence-corrected chi connectivity index (χ4v) is 10.0. The number of aliphatic hydroxyl groups excluding tert-OH is 3. The number of aromatic amines is 1. The molecule has 1 saturated heterocycles. The van der Waals surface area contributed by atoms with Gasteiger partial charge in [-0.15, -0.1) is 0 Å². The quantitative estimate of drug-likeness (QED) is 0.0628. The molecule has 9 amide bonds. The van der Waals surface area contributed by atoms with Gasteiger partial charge in [-0.05, 0) is 37.4 Å². The molecular weight excluding hydrogens is 951 g/mol. The molecule has 1 aromatic carbocycles. The van der Waals surface area contributed by atoms with Crippen molar-refractivity contribution in [3.05, 3.63) is 23.8 Å². The highest BCUT2D eigenvalue weighted by Crippen LogP contribution is 2.32. The van der Waals surface area contributed by atoms with Crippen molar-refractivity contribution >= 4 is 75.2 Å². The van der Waals surface area contributed by atoms with E-state index in [9.17, 15) is 63.0 Å². The molecule has 0 radical (unpaired) electrons. The average molecular weight is 1020 g/mol. The van der Waals surface area contributed by atoms with Crippen LogP contribution < -0.4 is 53.4 Å². The van der Waals surface area contributed by atoms with Crippen molar-refractivity contribution in [2.24, 2.45) is 23.3 Å². The highest BCUT2D eigenvalue weighted by Gasteiger charge is 2.46. The molecule has 3 aliphatic heterocycles. The zero-order valence-corrected chi connectivity index (χ0v) is 40.8. The van der Waals surface area contributed by atoms with E-state index >= 15 is 0 Å². The molecule has 4 unspecified atom stereocenters. The molecule has 2 aromatic rings. The Balaban J connectivity index is 1.72. The van der Waals surface area contributed by atoms with Crippen LogP contribution in [-0.2, 0) is 60.7 Å². The average Bonchev–Trinajstić information content (AvgIpc) is 3.91. The molecule has 1 fully saturated rings. The fraction of sp³-hybridized carbons (Fsp3) is 0.622. The number of hydrogen-bond donors (Lipinski definition) is 14. The van der Waals surface area contributed by atoms with Crippen LogP contribution in [0.4, 0.5) is 0 Å². The Morgan fingerprint density at radius 2 is 1.55 bits per heavy atom. The van der Waals surface area contributed by atoms with Crippen LogP contribution in [0.5, 0.6) is 5.75 Å². The molecule has 392 valence electrons. The predicted octanol–water partition coefficient (Wildman–Crippen LogP) is -4.39. The smallest absolute Gasteiger partial charge is 0.264 e. The number of benzene rings is 1. The Hall–Kier alpha value is -6.06. The number of primary amides is 1. The van der Waals surface area contributed by atoms with Crippen LogP contribution in [0, 0.1) is 11.8 Å². The first-order chi connectivity index (χ1) is 33.8. The maximum Gasteiger partial charge on any atom is 0.264 e. The third-order valence-electron chi connectivity index (χ3n) is 12.9. The second-order valence-corrected chi connectivity index (χ2v) is 19.7. The van der Waals surface area contributed by atoms with E-state index in [0.717, 1.165) is 30.6 Å². The number of ether oxygens (including phenoxy) is 1. The summed E-state index contributed by atoms with van der Waals surface area (Å²) in [6.45, 7) is 2.84. The van der Waals surface area contributed by atoms with E-state index in [-0.39, 0.29) is 10.6 Å². The first kappa shape index (κ1) is 55.9. The molecule has 0 saturated carbocycles. The maximum absolute atomic E-state index is 14.6. The van der Waals surface area contributed by atoms with Gasteiger partial charge in [0.05, 0.1) is 50.4 Å². The number of rotatable bonds is 14. The van der Waals surface area contributed by atoms with Crippen molar-refractivity contribution < 1.29 is 67.8 Å². The monoisotopic (exact) mass is 1020 g/mol. The highest BCUT2D eigenvalue weighted by molar-refractivity contribution is 7.91. The topological polar surface area (TPSA) is 399 Å². The summed E-state index contributed by atoms with van der Waals surface area (Å²) >= 11 is -2.11. The largest absolute Gasteiger partial charge is 0.494 e. The Labute approximate surface area is 412 Å². The number of aromatic nitrogens is 1. The van der Waals surface area contributed by atoms with E-state index in [1.54, 1.807) is 32.0 Å². The standard InChI is InChI=1S/C45H67N11O14S/c1-4-22(2)37-42(66)49-17-35(61)50-31-21-71(69)44-27(26-10-9-25(14-28(26)53-44)70-12-8-6-5-7-11-46)15-29(39(63)48-18-36(62)54-37)51-43(67)38(23(3)33(59)20-57)55-41(65)32-13-24(58)19-56(32)45(68)30(16-34(47)60)52-40(31)64/h9-10,14,22-24,29-33,37-38,53,57-59,69H,4-8,11-13,15-21,46H2,1-3H3,(H8-,47,48,49,50,51,52,54,55,60,61,62,63,64,65,66,67)/p+1/t22-,23-,24?,29?,30-,31?,32-,33-,37-,38-,71?/m0/s1. The van der Waals surface area contributed by atoms with Crippen molar-refractivity contribution in [1.82, 2.24) is 47.1 Å². The lowest BCUT2D eigenvalue weighted by atomic mass is 9.93. The molecule has 2 bridgehead atoms. The number of aliphatic hydroxyl groups is 3. The van der Waals surface area contributed by atoms with Crippen molar-refractivity contribution in [3.63, 3.8) is 0 Å². The van der Waals surface area contributed by atoms with E-state index in [0.29, 0.717) is 36.2 Å². The van der Waals surface area contributed by atoms with Crippen LogP contribution >= 0.6 is 0 Å². The predicted molar refractivity (Wildman–Crippen MR) is 255 cm³/mol. The van der Waals surface area contributed by atoms with Crippen LogP contribution in [-0.4, -0.2) is 177 Å². The number of H-pyrrole nitrogens is 1. The number of carbonyl (C=O) groups is 9.